The van der Waals surface area contributed by atoms with Gasteiger partial charge in [-0.25, -0.2) is 0 Å². The van der Waals surface area contributed by atoms with Crippen molar-refractivity contribution in [3.63, 3.8) is 0 Å². The number of nitrogens with one attached hydrogen (secondary N) is 1. The van der Waals surface area contributed by atoms with Crippen molar-refractivity contribution < 1.29 is 0 Å². The molecule has 4 nitrogen and oxygen atoms in total. The van der Waals surface area contributed by atoms with E-state index in [4.69, 9.17) is 5.84 Å². The van der Waals surface area contributed by atoms with Crippen LogP contribution in [-0.2, 0) is 25.8 Å². The van der Waals surface area contributed by atoms with Crippen molar-refractivity contribution in [3.05, 3.63) is 53.3 Å². The Morgan fingerprint density at radius 1 is 1.20 bits per heavy atom. The molecule has 0 radical (unpaired) electrons. The molecule has 1 aromatic heterocycles. The molecule has 1 unspecified atom stereocenters. The molecule has 0 saturated heterocycles. The number of aromatic nitrogens is 2. The summed E-state index contributed by atoms with van der Waals surface area (Å²) in [7, 11) is 0. The minimum atomic E-state index is 0.226. The van der Waals surface area contributed by atoms with Gasteiger partial charge in [0.1, 0.15) is 0 Å². The largest absolute Gasteiger partial charge is 0.271 e. The lowest BCUT2D eigenvalue weighted by molar-refractivity contribution is 0.496. The molecule has 4 heteroatoms. The van der Waals surface area contributed by atoms with Gasteiger partial charge in [0.25, 0.3) is 0 Å². The van der Waals surface area contributed by atoms with Crippen molar-refractivity contribution in [2.75, 3.05) is 0 Å². The summed E-state index contributed by atoms with van der Waals surface area (Å²) in [4.78, 5) is 0. The summed E-state index contributed by atoms with van der Waals surface area (Å²) in [5.41, 5.74) is 6.64. The van der Waals surface area contributed by atoms with Crippen LogP contribution in [0.1, 0.15) is 30.8 Å². The highest BCUT2D eigenvalue weighted by atomic mass is 15.3. The summed E-state index contributed by atoms with van der Waals surface area (Å²) >= 11 is 0. The maximum absolute atomic E-state index is 5.72. The topological polar surface area (TPSA) is 55.9 Å². The molecule has 2 aromatic rings. The first-order valence-electron chi connectivity index (χ1n) is 7.32. The van der Waals surface area contributed by atoms with Crippen LogP contribution in [-0.4, -0.2) is 15.8 Å². The summed E-state index contributed by atoms with van der Waals surface area (Å²) in [6, 6.07) is 12.9. The number of hydrazine groups is 1. The zero-order valence-electron chi connectivity index (χ0n) is 12.3. The minimum Gasteiger partial charge on any atom is -0.271 e. The van der Waals surface area contributed by atoms with Crippen molar-refractivity contribution in [3.8, 4) is 0 Å². The number of nitrogens with two attached hydrogens (primary N) is 1. The molecule has 0 aliphatic heterocycles. The highest BCUT2D eigenvalue weighted by Crippen LogP contribution is 2.11. The smallest absolute Gasteiger partial charge is 0.0624 e. The third kappa shape index (κ3) is 3.68. The van der Waals surface area contributed by atoms with Crippen molar-refractivity contribution >= 4 is 0 Å². The van der Waals surface area contributed by atoms with Gasteiger partial charge in [-0.3, -0.25) is 16.0 Å². The van der Waals surface area contributed by atoms with Crippen molar-refractivity contribution in [1.82, 2.24) is 15.2 Å². The lowest BCUT2D eigenvalue weighted by Crippen LogP contribution is -2.39. The van der Waals surface area contributed by atoms with Crippen LogP contribution >= 0.6 is 0 Å². The van der Waals surface area contributed by atoms with Crippen LogP contribution in [0.15, 0.2) is 36.4 Å². The molecule has 2 rings (SSSR count). The molecule has 0 saturated carbocycles. The highest BCUT2D eigenvalue weighted by Gasteiger charge is 2.13. The molecular formula is C16H24N4. The van der Waals surface area contributed by atoms with Crippen molar-refractivity contribution in [2.24, 2.45) is 5.84 Å². The normalized spacial score (nSPS) is 12.6. The van der Waals surface area contributed by atoms with Crippen LogP contribution in [0.5, 0.6) is 0 Å². The van der Waals surface area contributed by atoms with E-state index in [0.29, 0.717) is 0 Å². The fraction of sp³-hybridized carbons (Fsp3) is 0.438. The number of rotatable bonds is 7. The van der Waals surface area contributed by atoms with Crippen LogP contribution in [0, 0.1) is 0 Å². The Balaban J connectivity index is 2.08. The molecule has 0 spiro atoms. The zero-order chi connectivity index (χ0) is 14.4. The molecule has 0 fully saturated rings. The third-order valence-corrected chi connectivity index (χ3v) is 3.59. The first-order chi connectivity index (χ1) is 9.76. The summed E-state index contributed by atoms with van der Waals surface area (Å²) in [6.07, 6.45) is 2.79. The lowest BCUT2D eigenvalue weighted by Gasteiger charge is -2.16. The molecule has 0 aliphatic carbocycles. The molecule has 0 amide bonds. The van der Waals surface area contributed by atoms with Gasteiger partial charge in [-0.1, -0.05) is 37.3 Å². The number of nitrogens with zero attached hydrogens (tertiary/aromatic N) is 2. The summed E-state index contributed by atoms with van der Waals surface area (Å²) in [5, 5.41) is 4.59. The monoisotopic (exact) mass is 272 g/mol. The zero-order valence-corrected chi connectivity index (χ0v) is 12.3. The molecular weight excluding hydrogens is 248 g/mol. The second-order valence-corrected chi connectivity index (χ2v) is 5.05. The van der Waals surface area contributed by atoms with Gasteiger partial charge in [0.2, 0.25) is 0 Å². The Kier molecular flexibility index (Phi) is 5.32. The standard InChI is InChI=1S/C16H24N4/c1-3-14-11-16(20(4-2)19-14)12-15(18-17)10-13-8-6-5-7-9-13/h5-9,11,15,18H,3-4,10,12,17H2,1-2H3. The van der Waals surface area contributed by atoms with E-state index in [1.54, 1.807) is 0 Å². The summed E-state index contributed by atoms with van der Waals surface area (Å²) in [6.45, 7) is 5.16. The first kappa shape index (κ1) is 14.8. The maximum Gasteiger partial charge on any atom is 0.0624 e. The van der Waals surface area contributed by atoms with E-state index in [2.05, 4.69) is 59.4 Å². The third-order valence-electron chi connectivity index (χ3n) is 3.59. The Morgan fingerprint density at radius 3 is 2.55 bits per heavy atom. The number of aryl methyl sites for hydroxylation is 2. The van der Waals surface area contributed by atoms with Gasteiger partial charge in [-0.05, 0) is 31.4 Å². The van der Waals surface area contributed by atoms with E-state index >= 15 is 0 Å². The molecule has 1 aromatic carbocycles. The van der Waals surface area contributed by atoms with Crippen LogP contribution in [0.25, 0.3) is 0 Å². The Hall–Kier alpha value is -1.65. The molecule has 108 valence electrons. The van der Waals surface area contributed by atoms with E-state index in [1.807, 2.05) is 6.07 Å². The molecule has 0 bridgehead atoms. The number of benzene rings is 1. The van der Waals surface area contributed by atoms with Gasteiger partial charge in [0.15, 0.2) is 0 Å². The van der Waals surface area contributed by atoms with Crippen LogP contribution in [0.3, 0.4) is 0 Å². The van der Waals surface area contributed by atoms with Crippen molar-refractivity contribution in [1.29, 1.82) is 0 Å². The Bertz CT molecular complexity index is 519. The van der Waals surface area contributed by atoms with E-state index in [0.717, 1.165) is 31.5 Å². The van der Waals surface area contributed by atoms with E-state index in [9.17, 15) is 0 Å². The fourth-order valence-corrected chi connectivity index (χ4v) is 2.47. The molecule has 1 heterocycles. The van der Waals surface area contributed by atoms with Gasteiger partial charge in [-0.15, -0.1) is 0 Å². The average Bonchev–Trinajstić information content (AvgIpc) is 2.89. The van der Waals surface area contributed by atoms with Crippen LogP contribution in [0.4, 0.5) is 0 Å². The summed E-state index contributed by atoms with van der Waals surface area (Å²) in [5.74, 6) is 5.72. The second-order valence-electron chi connectivity index (χ2n) is 5.05. The van der Waals surface area contributed by atoms with Gasteiger partial charge >= 0.3 is 0 Å². The lowest BCUT2D eigenvalue weighted by atomic mass is 10.0. The van der Waals surface area contributed by atoms with Gasteiger partial charge in [-0.2, -0.15) is 5.10 Å². The molecule has 20 heavy (non-hydrogen) atoms. The van der Waals surface area contributed by atoms with Crippen molar-refractivity contribution in [2.45, 2.75) is 45.7 Å². The van der Waals surface area contributed by atoms with Gasteiger partial charge < -0.3 is 0 Å². The molecule has 3 N–H and O–H groups in total. The van der Waals surface area contributed by atoms with E-state index in [1.165, 1.54) is 11.3 Å². The maximum atomic E-state index is 5.72. The quantitative estimate of drug-likeness (QED) is 0.599. The highest BCUT2D eigenvalue weighted by molar-refractivity contribution is 5.18. The predicted molar refractivity (Wildman–Crippen MR) is 82.2 cm³/mol. The molecule has 1 atom stereocenters. The van der Waals surface area contributed by atoms with Gasteiger partial charge in [0, 0.05) is 24.7 Å². The van der Waals surface area contributed by atoms with E-state index < -0.39 is 0 Å². The number of hydrogen-bond donors (Lipinski definition) is 2. The Labute approximate surface area is 121 Å². The predicted octanol–water partition coefficient (Wildman–Crippen LogP) is 2.08. The average molecular weight is 272 g/mol. The second kappa shape index (κ2) is 7.22. The number of hydrogen-bond acceptors (Lipinski definition) is 3. The fourth-order valence-electron chi connectivity index (χ4n) is 2.47. The van der Waals surface area contributed by atoms with Crippen LogP contribution in [0.2, 0.25) is 0 Å². The summed E-state index contributed by atoms with van der Waals surface area (Å²) < 4.78 is 2.08. The van der Waals surface area contributed by atoms with Gasteiger partial charge in [0.05, 0.1) is 5.69 Å². The SMILES string of the molecule is CCc1cc(CC(Cc2ccccc2)NN)n(CC)n1. The molecule has 0 aliphatic rings. The first-order valence-corrected chi connectivity index (χ1v) is 7.32. The van der Waals surface area contributed by atoms with Crippen LogP contribution < -0.4 is 11.3 Å². The van der Waals surface area contributed by atoms with E-state index in [-0.39, 0.29) is 6.04 Å². The minimum absolute atomic E-state index is 0.226. The Morgan fingerprint density at radius 2 is 1.95 bits per heavy atom.